The van der Waals surface area contributed by atoms with E-state index in [1.165, 1.54) is 24.9 Å². The van der Waals surface area contributed by atoms with Crippen molar-refractivity contribution in [3.63, 3.8) is 0 Å². The van der Waals surface area contributed by atoms with E-state index in [0.29, 0.717) is 4.45 Å². The molecule has 1 unspecified atom stereocenters. The van der Waals surface area contributed by atoms with Gasteiger partial charge in [-0.3, -0.25) is 0 Å². The topological polar surface area (TPSA) is 9.23 Å². The van der Waals surface area contributed by atoms with E-state index in [-0.39, 0.29) is 0 Å². The van der Waals surface area contributed by atoms with Gasteiger partial charge in [-0.2, -0.15) is 0 Å². The minimum Gasteiger partial charge on any atom is -0.416 e. The predicted octanol–water partition coefficient (Wildman–Crippen LogP) is 4.11. The fourth-order valence-electron chi connectivity index (χ4n) is 1.92. The number of halogens is 1. The lowest BCUT2D eigenvalue weighted by molar-refractivity contribution is 0.316. The van der Waals surface area contributed by atoms with Gasteiger partial charge in [0.2, 0.25) is 8.32 Å². The average Bonchev–Trinajstić information content (AvgIpc) is 2.05. The third-order valence-electron chi connectivity index (χ3n) is 2.50. The largest absolute Gasteiger partial charge is 0.416 e. The molecule has 0 fully saturated rings. The van der Waals surface area contributed by atoms with Gasteiger partial charge in [0.15, 0.2) is 0 Å². The summed E-state index contributed by atoms with van der Waals surface area (Å²) in [5.74, 6) is 0. The van der Waals surface area contributed by atoms with E-state index in [0.717, 1.165) is 6.61 Å². The van der Waals surface area contributed by atoms with Crippen LogP contribution in [0.25, 0.3) is 0 Å². The minimum absolute atomic E-state index is 0.583. The fourth-order valence-corrected chi connectivity index (χ4v) is 7.52. The van der Waals surface area contributed by atoms with Crippen LogP contribution in [-0.4, -0.2) is 19.4 Å². The van der Waals surface area contributed by atoms with Gasteiger partial charge >= 0.3 is 0 Å². The summed E-state index contributed by atoms with van der Waals surface area (Å²) >= 11 is 3.74. The zero-order valence-corrected chi connectivity index (χ0v) is 12.0. The maximum atomic E-state index is 6.06. The molecule has 0 spiro atoms. The van der Waals surface area contributed by atoms with Crippen LogP contribution in [0.1, 0.15) is 40.5 Å². The molecular formula is C10H23BrOSi. The Kier molecular flexibility index (Phi) is 7.37. The second-order valence-electron chi connectivity index (χ2n) is 3.61. The van der Waals surface area contributed by atoms with Gasteiger partial charge in [0.05, 0.1) is 0 Å². The summed E-state index contributed by atoms with van der Waals surface area (Å²) in [7, 11) is -1.46. The maximum absolute atomic E-state index is 6.06. The summed E-state index contributed by atoms with van der Waals surface area (Å²) in [6, 6.07) is 2.59. The van der Waals surface area contributed by atoms with Crippen LogP contribution in [0, 0.1) is 0 Å². The molecule has 0 saturated heterocycles. The molecule has 1 nitrogen and oxygen atoms in total. The van der Waals surface area contributed by atoms with E-state index in [4.69, 9.17) is 4.43 Å². The normalized spacial score (nSPS) is 14.5. The third-order valence-corrected chi connectivity index (χ3v) is 10.0. The highest BCUT2D eigenvalue weighted by Crippen LogP contribution is 2.29. The summed E-state index contributed by atoms with van der Waals surface area (Å²) in [5, 5.41) is 0. The van der Waals surface area contributed by atoms with Crippen molar-refractivity contribution >= 4 is 24.2 Å². The number of hydrogen-bond donors (Lipinski definition) is 0. The van der Waals surface area contributed by atoms with Crippen LogP contribution in [0.15, 0.2) is 0 Å². The fraction of sp³-hybridized carbons (Fsp3) is 1.00. The highest BCUT2D eigenvalue weighted by Gasteiger charge is 2.37. The van der Waals surface area contributed by atoms with Crippen molar-refractivity contribution in [2.75, 3.05) is 6.61 Å². The Hall–Kier alpha value is 0.657. The second-order valence-corrected chi connectivity index (χ2v) is 10.1. The molecule has 0 aromatic carbocycles. The second kappa shape index (κ2) is 7.02. The lowest BCUT2D eigenvalue weighted by Crippen LogP contribution is -2.46. The van der Waals surface area contributed by atoms with Crippen LogP contribution in [0.3, 0.4) is 0 Å². The molecule has 0 aromatic heterocycles. The molecule has 0 saturated carbocycles. The van der Waals surface area contributed by atoms with Crippen molar-refractivity contribution in [1.82, 2.24) is 0 Å². The lowest BCUT2D eigenvalue weighted by atomic mass is 10.6. The van der Waals surface area contributed by atoms with E-state index in [9.17, 15) is 0 Å². The van der Waals surface area contributed by atoms with E-state index in [2.05, 4.69) is 43.6 Å². The Morgan fingerprint density at radius 2 is 1.62 bits per heavy atom. The van der Waals surface area contributed by atoms with E-state index in [1.807, 2.05) is 0 Å². The minimum atomic E-state index is -1.46. The monoisotopic (exact) mass is 266 g/mol. The zero-order valence-electron chi connectivity index (χ0n) is 9.40. The molecular weight excluding hydrogens is 244 g/mol. The number of hydrogen-bond acceptors (Lipinski definition) is 1. The lowest BCUT2D eigenvalue weighted by Gasteiger charge is -2.33. The van der Waals surface area contributed by atoms with Gasteiger partial charge in [0, 0.05) is 11.1 Å². The third kappa shape index (κ3) is 4.13. The van der Waals surface area contributed by atoms with Crippen molar-refractivity contribution < 1.29 is 4.43 Å². The Morgan fingerprint density at radius 1 is 1.15 bits per heavy atom. The van der Waals surface area contributed by atoms with Crippen LogP contribution >= 0.6 is 15.9 Å². The highest BCUT2D eigenvalue weighted by molar-refractivity contribution is 9.10. The van der Waals surface area contributed by atoms with E-state index >= 15 is 0 Å². The quantitative estimate of drug-likeness (QED) is 0.498. The molecule has 0 aromatic rings. The van der Waals surface area contributed by atoms with Crippen molar-refractivity contribution in [3.05, 3.63) is 0 Å². The molecule has 0 N–H and O–H groups in total. The molecule has 0 heterocycles. The smallest absolute Gasteiger partial charge is 0.205 e. The Morgan fingerprint density at radius 3 is 1.85 bits per heavy atom. The standard InChI is InChI=1S/C10H23BrOSi/c1-5-8-13(9-6-2,10(4)11)12-7-3/h10H,5-9H2,1-4H3. The summed E-state index contributed by atoms with van der Waals surface area (Å²) in [6.07, 6.45) is 2.50. The van der Waals surface area contributed by atoms with Gasteiger partial charge in [0.1, 0.15) is 0 Å². The van der Waals surface area contributed by atoms with Gasteiger partial charge in [-0.1, -0.05) is 49.5 Å². The summed E-state index contributed by atoms with van der Waals surface area (Å²) in [5.41, 5.74) is 0. The first-order valence-corrected chi connectivity index (χ1v) is 8.72. The van der Waals surface area contributed by atoms with Crippen molar-refractivity contribution in [1.29, 1.82) is 0 Å². The first-order chi connectivity index (χ1) is 6.13. The van der Waals surface area contributed by atoms with Gasteiger partial charge in [-0.25, -0.2) is 0 Å². The molecule has 13 heavy (non-hydrogen) atoms. The SMILES string of the molecule is CCC[Si](CCC)(OCC)C(C)Br. The molecule has 0 aliphatic rings. The highest BCUT2D eigenvalue weighted by atomic mass is 79.9. The Bertz CT molecular complexity index is 111. The molecule has 80 valence electrons. The van der Waals surface area contributed by atoms with Crippen LogP contribution < -0.4 is 0 Å². The van der Waals surface area contributed by atoms with Crippen LogP contribution in [0.4, 0.5) is 0 Å². The first-order valence-electron chi connectivity index (χ1n) is 5.41. The van der Waals surface area contributed by atoms with Crippen molar-refractivity contribution in [3.8, 4) is 0 Å². The molecule has 0 rings (SSSR count). The first kappa shape index (κ1) is 13.7. The van der Waals surface area contributed by atoms with Crippen molar-refractivity contribution in [2.24, 2.45) is 0 Å². The van der Waals surface area contributed by atoms with Crippen LogP contribution in [-0.2, 0) is 4.43 Å². The molecule has 0 aliphatic heterocycles. The summed E-state index contributed by atoms with van der Waals surface area (Å²) in [4.78, 5) is 0. The van der Waals surface area contributed by atoms with E-state index < -0.39 is 8.32 Å². The zero-order chi connectivity index (χ0) is 10.3. The maximum Gasteiger partial charge on any atom is 0.205 e. The Labute approximate surface area is 92.5 Å². The number of rotatable bonds is 7. The Balaban J connectivity index is 4.38. The summed E-state index contributed by atoms with van der Waals surface area (Å²) in [6.45, 7) is 9.76. The number of alkyl halides is 1. The van der Waals surface area contributed by atoms with Gasteiger partial charge in [-0.15, -0.1) is 0 Å². The molecule has 0 bridgehead atoms. The average molecular weight is 267 g/mol. The van der Waals surface area contributed by atoms with Crippen LogP contribution in [0.5, 0.6) is 0 Å². The van der Waals surface area contributed by atoms with Gasteiger partial charge < -0.3 is 4.43 Å². The summed E-state index contributed by atoms with van der Waals surface area (Å²) < 4.78 is 6.65. The molecule has 0 aliphatic carbocycles. The van der Waals surface area contributed by atoms with Crippen LogP contribution in [0.2, 0.25) is 12.1 Å². The molecule has 1 atom stereocenters. The molecule has 0 radical (unpaired) electrons. The van der Waals surface area contributed by atoms with Crippen molar-refractivity contribution in [2.45, 2.75) is 57.1 Å². The van der Waals surface area contributed by atoms with Gasteiger partial charge in [-0.05, 0) is 19.0 Å². The van der Waals surface area contributed by atoms with Gasteiger partial charge in [0.25, 0.3) is 0 Å². The van der Waals surface area contributed by atoms with E-state index in [1.54, 1.807) is 0 Å². The molecule has 3 heteroatoms. The molecule has 0 amide bonds. The predicted molar refractivity (Wildman–Crippen MR) is 66.0 cm³/mol.